The molecule has 0 unspecified atom stereocenters. The van der Waals surface area contributed by atoms with Crippen LogP contribution in [0.5, 0.6) is 23.0 Å². The fourth-order valence-electron chi connectivity index (χ4n) is 3.92. The second kappa shape index (κ2) is 7.16. The van der Waals surface area contributed by atoms with E-state index >= 15 is 0 Å². The predicted octanol–water partition coefficient (Wildman–Crippen LogP) is 3.01. The predicted molar refractivity (Wildman–Crippen MR) is 107 cm³/mol. The molecule has 1 atom stereocenters. The molecule has 1 aliphatic rings. The maximum Gasteiger partial charge on any atom is 0.312 e. The van der Waals surface area contributed by atoms with Crippen LogP contribution in [0.4, 0.5) is 0 Å². The van der Waals surface area contributed by atoms with Crippen molar-refractivity contribution in [2.45, 2.75) is 12.3 Å². The topological polar surface area (TPSA) is 76.0 Å². The van der Waals surface area contributed by atoms with Crippen LogP contribution in [0.1, 0.15) is 23.5 Å². The van der Waals surface area contributed by atoms with Crippen molar-refractivity contribution in [1.82, 2.24) is 4.57 Å². The molecule has 0 aliphatic carbocycles. The average Bonchev–Trinajstić information content (AvgIpc) is 2.75. The molecular formula is C22H21NO6. The van der Waals surface area contributed by atoms with Crippen molar-refractivity contribution in [1.29, 1.82) is 0 Å². The van der Waals surface area contributed by atoms with Gasteiger partial charge in [-0.2, -0.15) is 0 Å². The molecule has 1 aliphatic heterocycles. The summed E-state index contributed by atoms with van der Waals surface area (Å²) in [6.45, 7) is 0. The van der Waals surface area contributed by atoms with E-state index in [2.05, 4.69) is 0 Å². The van der Waals surface area contributed by atoms with Gasteiger partial charge in [-0.3, -0.25) is 9.59 Å². The quantitative estimate of drug-likeness (QED) is 0.632. The Morgan fingerprint density at radius 1 is 0.966 bits per heavy atom. The molecule has 7 heteroatoms. The van der Waals surface area contributed by atoms with Gasteiger partial charge in [0, 0.05) is 30.0 Å². The van der Waals surface area contributed by atoms with E-state index in [1.165, 1.54) is 21.3 Å². The van der Waals surface area contributed by atoms with E-state index in [0.717, 1.165) is 0 Å². The van der Waals surface area contributed by atoms with Crippen LogP contribution in [0.2, 0.25) is 0 Å². The third-order valence-corrected chi connectivity index (χ3v) is 5.34. The van der Waals surface area contributed by atoms with Crippen molar-refractivity contribution in [3.05, 3.63) is 57.9 Å². The Hall–Kier alpha value is -3.48. The van der Waals surface area contributed by atoms with Gasteiger partial charge in [0.25, 0.3) is 5.56 Å². The first-order valence-corrected chi connectivity index (χ1v) is 9.12. The molecule has 0 saturated carbocycles. The zero-order valence-electron chi connectivity index (χ0n) is 16.6. The minimum Gasteiger partial charge on any atom is -0.496 e. The Morgan fingerprint density at radius 3 is 2.31 bits per heavy atom. The number of rotatable bonds is 4. The van der Waals surface area contributed by atoms with Crippen LogP contribution in [0.15, 0.2) is 41.2 Å². The van der Waals surface area contributed by atoms with Crippen molar-refractivity contribution in [3.63, 3.8) is 0 Å². The third-order valence-electron chi connectivity index (χ3n) is 5.34. The maximum absolute atomic E-state index is 13.3. The van der Waals surface area contributed by atoms with Crippen LogP contribution in [0, 0.1) is 0 Å². The minimum atomic E-state index is -0.538. The van der Waals surface area contributed by atoms with Crippen molar-refractivity contribution in [2.75, 3.05) is 21.3 Å². The van der Waals surface area contributed by atoms with E-state index in [9.17, 15) is 9.59 Å². The molecule has 2 aromatic carbocycles. The summed E-state index contributed by atoms with van der Waals surface area (Å²) in [5, 5.41) is 0.710. The van der Waals surface area contributed by atoms with Crippen molar-refractivity contribution in [3.8, 4) is 23.0 Å². The molecule has 4 rings (SSSR count). The molecule has 0 radical (unpaired) electrons. The minimum absolute atomic E-state index is 0.0203. The Labute approximate surface area is 167 Å². The number of hydrogen-bond acceptors (Lipinski definition) is 6. The molecule has 3 aromatic rings. The molecule has 0 amide bonds. The van der Waals surface area contributed by atoms with Gasteiger partial charge in [0.1, 0.15) is 11.5 Å². The van der Waals surface area contributed by atoms with Crippen molar-refractivity contribution >= 4 is 16.9 Å². The number of pyridine rings is 1. The normalized spacial score (nSPS) is 15.6. The van der Waals surface area contributed by atoms with Gasteiger partial charge in [0.15, 0.2) is 11.5 Å². The first kappa shape index (κ1) is 18.9. The van der Waals surface area contributed by atoms with E-state index in [0.29, 0.717) is 45.0 Å². The monoisotopic (exact) mass is 395 g/mol. The van der Waals surface area contributed by atoms with Gasteiger partial charge in [-0.25, -0.2) is 0 Å². The number of carbonyl (C=O) groups excluding carboxylic acids is 1. The number of ether oxygens (including phenoxy) is 4. The highest BCUT2D eigenvalue weighted by Gasteiger charge is 2.35. The Morgan fingerprint density at radius 2 is 1.62 bits per heavy atom. The number of nitrogens with zero attached hydrogens (tertiary/aromatic N) is 1. The summed E-state index contributed by atoms with van der Waals surface area (Å²) in [7, 11) is 6.31. The van der Waals surface area contributed by atoms with Crippen LogP contribution in [-0.2, 0) is 11.8 Å². The number of methoxy groups -OCH3 is 3. The SMILES string of the molecule is COc1cc(OC)c([C@H]2CC(=O)Oc3c2c(=O)n(C)c2ccccc32)cc1OC. The summed E-state index contributed by atoms with van der Waals surface area (Å²) in [4.78, 5) is 25.8. The van der Waals surface area contributed by atoms with Gasteiger partial charge in [-0.1, -0.05) is 12.1 Å². The summed E-state index contributed by atoms with van der Waals surface area (Å²) in [6.07, 6.45) is 0.0203. The van der Waals surface area contributed by atoms with Gasteiger partial charge in [0.05, 0.1) is 38.8 Å². The number of fused-ring (bicyclic) bond motifs is 3. The van der Waals surface area contributed by atoms with Crippen LogP contribution in [0.25, 0.3) is 10.9 Å². The largest absolute Gasteiger partial charge is 0.496 e. The Kier molecular flexibility index (Phi) is 4.66. The molecule has 0 fully saturated rings. The lowest BCUT2D eigenvalue weighted by Crippen LogP contribution is -2.31. The number of aryl methyl sites for hydroxylation is 1. The van der Waals surface area contributed by atoms with Crippen molar-refractivity contribution in [2.24, 2.45) is 7.05 Å². The summed E-state index contributed by atoms with van der Waals surface area (Å²) in [5.74, 6) is 0.854. The van der Waals surface area contributed by atoms with Crippen LogP contribution in [0.3, 0.4) is 0 Å². The standard InChI is InChI=1S/C22H21NO6/c1-23-15-8-6-5-7-12(15)21-20(22(23)25)14(10-19(24)29-21)13-9-17(27-3)18(28-4)11-16(13)26-2/h5-9,11,14H,10H2,1-4H3/t14-/m1/s1. The zero-order chi connectivity index (χ0) is 20.7. The summed E-state index contributed by atoms with van der Waals surface area (Å²) >= 11 is 0. The molecule has 1 aromatic heterocycles. The fraction of sp³-hybridized carbons (Fsp3) is 0.273. The number of carbonyl (C=O) groups is 1. The van der Waals surface area contributed by atoms with E-state index in [1.54, 1.807) is 23.7 Å². The molecule has 7 nitrogen and oxygen atoms in total. The third kappa shape index (κ3) is 2.90. The molecule has 0 bridgehead atoms. The summed E-state index contributed by atoms with van der Waals surface area (Å²) < 4.78 is 23.5. The van der Waals surface area contributed by atoms with Crippen LogP contribution in [-0.4, -0.2) is 31.9 Å². The Balaban J connectivity index is 2.04. The summed E-state index contributed by atoms with van der Waals surface area (Å²) in [5.41, 5.74) is 1.57. The Bertz CT molecular complexity index is 1180. The molecule has 2 heterocycles. The first-order chi connectivity index (χ1) is 14.0. The fourth-order valence-corrected chi connectivity index (χ4v) is 3.92. The number of benzene rings is 2. The lowest BCUT2D eigenvalue weighted by atomic mass is 9.85. The highest BCUT2D eigenvalue weighted by atomic mass is 16.5. The molecule has 0 N–H and O–H groups in total. The van der Waals surface area contributed by atoms with Crippen molar-refractivity contribution < 1.29 is 23.7 Å². The van der Waals surface area contributed by atoms with Gasteiger partial charge >= 0.3 is 5.97 Å². The second-order valence-corrected chi connectivity index (χ2v) is 6.80. The zero-order valence-corrected chi connectivity index (χ0v) is 16.6. The first-order valence-electron chi connectivity index (χ1n) is 9.12. The lowest BCUT2D eigenvalue weighted by molar-refractivity contribution is -0.135. The second-order valence-electron chi connectivity index (χ2n) is 6.80. The molecule has 0 spiro atoms. The highest BCUT2D eigenvalue weighted by molar-refractivity contribution is 5.92. The molecular weight excluding hydrogens is 374 g/mol. The lowest BCUT2D eigenvalue weighted by Gasteiger charge is -2.27. The molecule has 29 heavy (non-hydrogen) atoms. The van der Waals surface area contributed by atoms with Gasteiger partial charge in [-0.15, -0.1) is 0 Å². The highest BCUT2D eigenvalue weighted by Crippen LogP contribution is 2.46. The van der Waals surface area contributed by atoms with Gasteiger partial charge < -0.3 is 23.5 Å². The number of para-hydroxylation sites is 1. The van der Waals surface area contributed by atoms with Crippen LogP contribution >= 0.6 is 0 Å². The molecule has 150 valence electrons. The number of esters is 1. The number of aromatic nitrogens is 1. The number of hydrogen-bond donors (Lipinski definition) is 0. The smallest absolute Gasteiger partial charge is 0.312 e. The van der Waals surface area contributed by atoms with E-state index in [4.69, 9.17) is 18.9 Å². The van der Waals surface area contributed by atoms with Gasteiger partial charge in [0.2, 0.25) is 0 Å². The maximum atomic E-state index is 13.3. The summed E-state index contributed by atoms with van der Waals surface area (Å²) in [6, 6.07) is 10.8. The molecule has 0 saturated heterocycles. The van der Waals surface area contributed by atoms with Crippen LogP contribution < -0.4 is 24.5 Å². The van der Waals surface area contributed by atoms with E-state index in [1.807, 2.05) is 24.3 Å². The van der Waals surface area contributed by atoms with Gasteiger partial charge in [-0.05, 0) is 18.2 Å². The average molecular weight is 395 g/mol. The van der Waals surface area contributed by atoms with E-state index in [-0.39, 0.29) is 12.0 Å². The van der Waals surface area contributed by atoms with E-state index < -0.39 is 11.9 Å².